The lowest BCUT2D eigenvalue weighted by atomic mass is 9.86. The summed E-state index contributed by atoms with van der Waals surface area (Å²) in [5, 5.41) is 0. The van der Waals surface area contributed by atoms with Crippen molar-refractivity contribution >= 4 is 5.91 Å². The zero-order valence-electron chi connectivity index (χ0n) is 15.5. The van der Waals surface area contributed by atoms with E-state index in [2.05, 4.69) is 25.7 Å². The molecular weight excluding hydrogens is 270 g/mol. The lowest BCUT2D eigenvalue weighted by Gasteiger charge is -2.39. The van der Waals surface area contributed by atoms with E-state index in [-0.39, 0.29) is 5.54 Å². The molecular formula is C20H39NO. The molecule has 0 aromatic heterocycles. The van der Waals surface area contributed by atoms with Crippen LogP contribution < -0.4 is 0 Å². The third-order valence-corrected chi connectivity index (χ3v) is 5.36. The van der Waals surface area contributed by atoms with Crippen molar-refractivity contribution in [3.05, 3.63) is 0 Å². The lowest BCUT2D eigenvalue weighted by Crippen LogP contribution is -2.47. The highest BCUT2D eigenvalue weighted by Crippen LogP contribution is 2.32. The predicted molar refractivity (Wildman–Crippen MR) is 96.1 cm³/mol. The molecule has 22 heavy (non-hydrogen) atoms. The van der Waals surface area contributed by atoms with Gasteiger partial charge in [0.25, 0.3) is 0 Å². The summed E-state index contributed by atoms with van der Waals surface area (Å²) < 4.78 is 0. The molecule has 1 heterocycles. The van der Waals surface area contributed by atoms with Crippen molar-refractivity contribution < 1.29 is 4.79 Å². The second-order valence-electron chi connectivity index (χ2n) is 7.47. The number of unbranched alkanes of at least 4 members (excludes halogenated alkanes) is 8. The van der Waals surface area contributed by atoms with E-state index in [9.17, 15) is 4.79 Å². The summed E-state index contributed by atoms with van der Waals surface area (Å²) in [6.07, 6.45) is 17.5. The van der Waals surface area contributed by atoms with Gasteiger partial charge < -0.3 is 4.90 Å². The monoisotopic (exact) mass is 309 g/mol. The van der Waals surface area contributed by atoms with E-state index in [1.807, 2.05) is 0 Å². The highest BCUT2D eigenvalue weighted by molar-refractivity contribution is 5.78. The molecule has 1 aliphatic rings. The first-order valence-corrected chi connectivity index (χ1v) is 9.94. The number of likely N-dealkylation sites (tertiary alicyclic amines) is 1. The molecule has 1 aliphatic heterocycles. The van der Waals surface area contributed by atoms with E-state index in [1.54, 1.807) is 0 Å². The van der Waals surface area contributed by atoms with Gasteiger partial charge in [-0.3, -0.25) is 4.79 Å². The Morgan fingerprint density at radius 3 is 1.77 bits per heavy atom. The van der Waals surface area contributed by atoms with Gasteiger partial charge in [-0.1, -0.05) is 78.1 Å². The van der Waals surface area contributed by atoms with Gasteiger partial charge in [-0.05, 0) is 26.2 Å². The smallest absolute Gasteiger partial charge is 0.223 e. The van der Waals surface area contributed by atoms with Crippen LogP contribution in [-0.4, -0.2) is 22.9 Å². The van der Waals surface area contributed by atoms with Crippen molar-refractivity contribution in [2.45, 2.75) is 116 Å². The van der Waals surface area contributed by atoms with Crippen molar-refractivity contribution in [2.24, 2.45) is 0 Å². The topological polar surface area (TPSA) is 20.3 Å². The Kier molecular flexibility index (Phi) is 9.82. The fraction of sp³-hybridized carbons (Fsp3) is 0.950. The second-order valence-corrected chi connectivity index (χ2v) is 7.47. The van der Waals surface area contributed by atoms with Crippen LogP contribution in [0.2, 0.25) is 0 Å². The number of amides is 1. The molecule has 1 rings (SSSR count). The Bertz CT molecular complexity index is 286. The number of carbonyl (C=O) groups excluding carboxylic acids is 1. The maximum absolute atomic E-state index is 12.2. The first-order chi connectivity index (χ1) is 10.6. The van der Waals surface area contributed by atoms with Gasteiger partial charge >= 0.3 is 0 Å². The maximum Gasteiger partial charge on any atom is 0.223 e. The number of nitrogens with zero attached hydrogens (tertiary/aromatic N) is 1. The fourth-order valence-electron chi connectivity index (χ4n) is 3.83. The minimum absolute atomic E-state index is 0.131. The van der Waals surface area contributed by atoms with Crippen LogP contribution in [0.5, 0.6) is 0 Å². The number of hydrogen-bond donors (Lipinski definition) is 0. The quantitative estimate of drug-likeness (QED) is 0.377. The standard InChI is InChI=1S/C20H39NO/c1-4-6-8-10-12-16-20(3,17-13-11-9-7-5-2)21-18-14-15-19(21)22/h4-18H2,1-3H3. The SMILES string of the molecule is CCCCCCCC(C)(CCCCCCC)N1CCCC1=O. The summed E-state index contributed by atoms with van der Waals surface area (Å²) in [5.41, 5.74) is 0.131. The zero-order valence-corrected chi connectivity index (χ0v) is 15.5. The van der Waals surface area contributed by atoms with Crippen molar-refractivity contribution in [2.75, 3.05) is 6.54 Å². The van der Waals surface area contributed by atoms with Crippen molar-refractivity contribution in [3.63, 3.8) is 0 Å². The minimum atomic E-state index is 0.131. The van der Waals surface area contributed by atoms with E-state index in [4.69, 9.17) is 0 Å². The van der Waals surface area contributed by atoms with Crippen LogP contribution in [-0.2, 0) is 4.79 Å². The van der Waals surface area contributed by atoms with Crippen molar-refractivity contribution in [3.8, 4) is 0 Å². The Labute approximate surface area is 139 Å². The van der Waals surface area contributed by atoms with Gasteiger partial charge in [0, 0.05) is 18.5 Å². The molecule has 2 heteroatoms. The summed E-state index contributed by atoms with van der Waals surface area (Å²) in [6.45, 7) is 7.89. The van der Waals surface area contributed by atoms with Crippen LogP contribution in [0.3, 0.4) is 0 Å². The number of carbonyl (C=O) groups is 1. The van der Waals surface area contributed by atoms with Crippen LogP contribution in [0.15, 0.2) is 0 Å². The van der Waals surface area contributed by atoms with Crippen LogP contribution in [0.25, 0.3) is 0 Å². The average molecular weight is 310 g/mol. The van der Waals surface area contributed by atoms with E-state index >= 15 is 0 Å². The van der Waals surface area contributed by atoms with Crippen molar-refractivity contribution in [1.29, 1.82) is 0 Å². The third kappa shape index (κ3) is 6.71. The highest BCUT2D eigenvalue weighted by Gasteiger charge is 2.36. The van der Waals surface area contributed by atoms with Gasteiger partial charge in [-0.15, -0.1) is 0 Å². The van der Waals surface area contributed by atoms with Gasteiger partial charge in [-0.2, -0.15) is 0 Å². The molecule has 1 saturated heterocycles. The normalized spacial score (nSPS) is 15.8. The summed E-state index contributed by atoms with van der Waals surface area (Å²) in [4.78, 5) is 14.4. The number of rotatable bonds is 13. The third-order valence-electron chi connectivity index (χ3n) is 5.36. The second kappa shape index (κ2) is 11.1. The molecule has 0 aliphatic carbocycles. The lowest BCUT2D eigenvalue weighted by molar-refractivity contribution is -0.133. The molecule has 0 spiro atoms. The summed E-state index contributed by atoms with van der Waals surface area (Å²) in [6, 6.07) is 0. The van der Waals surface area contributed by atoms with Crippen molar-refractivity contribution in [1.82, 2.24) is 4.90 Å². The molecule has 1 fully saturated rings. The highest BCUT2D eigenvalue weighted by atomic mass is 16.2. The molecule has 0 aromatic rings. The van der Waals surface area contributed by atoms with E-state index in [0.717, 1.165) is 19.4 Å². The first-order valence-electron chi connectivity index (χ1n) is 9.94. The van der Waals surface area contributed by atoms with Gasteiger partial charge in [-0.25, -0.2) is 0 Å². The van der Waals surface area contributed by atoms with Crippen LogP contribution in [0.4, 0.5) is 0 Å². The summed E-state index contributed by atoms with van der Waals surface area (Å²) in [7, 11) is 0. The molecule has 0 aromatic carbocycles. The Balaban J connectivity index is 2.43. The molecule has 2 nitrogen and oxygen atoms in total. The summed E-state index contributed by atoms with van der Waals surface area (Å²) >= 11 is 0. The molecule has 1 amide bonds. The molecule has 130 valence electrons. The Morgan fingerprint density at radius 2 is 1.36 bits per heavy atom. The van der Waals surface area contributed by atoms with E-state index in [0.29, 0.717) is 5.91 Å². The van der Waals surface area contributed by atoms with E-state index in [1.165, 1.54) is 77.0 Å². The van der Waals surface area contributed by atoms with Crippen LogP contribution in [0, 0.1) is 0 Å². The van der Waals surface area contributed by atoms with Crippen LogP contribution in [0.1, 0.15) is 111 Å². The van der Waals surface area contributed by atoms with Crippen LogP contribution >= 0.6 is 0 Å². The minimum Gasteiger partial charge on any atom is -0.337 e. The van der Waals surface area contributed by atoms with Gasteiger partial charge in [0.05, 0.1) is 0 Å². The van der Waals surface area contributed by atoms with Gasteiger partial charge in [0.1, 0.15) is 0 Å². The average Bonchev–Trinajstić information content (AvgIpc) is 2.94. The summed E-state index contributed by atoms with van der Waals surface area (Å²) in [5.74, 6) is 0.407. The fourth-order valence-corrected chi connectivity index (χ4v) is 3.83. The molecule has 0 radical (unpaired) electrons. The molecule has 0 atom stereocenters. The van der Waals surface area contributed by atoms with E-state index < -0.39 is 0 Å². The Morgan fingerprint density at radius 1 is 0.864 bits per heavy atom. The maximum atomic E-state index is 12.2. The van der Waals surface area contributed by atoms with Gasteiger partial charge in [0.15, 0.2) is 0 Å². The molecule has 0 unspecified atom stereocenters. The number of hydrogen-bond acceptors (Lipinski definition) is 1. The molecule has 0 saturated carbocycles. The van der Waals surface area contributed by atoms with Gasteiger partial charge in [0.2, 0.25) is 5.91 Å². The predicted octanol–water partition coefficient (Wildman–Crippen LogP) is 6.09. The molecule has 0 N–H and O–H groups in total. The first kappa shape index (κ1) is 19.5. The largest absolute Gasteiger partial charge is 0.337 e. The molecule has 0 bridgehead atoms. The zero-order chi connectivity index (χ0) is 16.3. The Hall–Kier alpha value is -0.530.